The van der Waals surface area contributed by atoms with E-state index in [4.69, 9.17) is 14.2 Å². The van der Waals surface area contributed by atoms with Gasteiger partial charge in [0.1, 0.15) is 5.60 Å². The van der Waals surface area contributed by atoms with Crippen LogP contribution in [0.25, 0.3) is 0 Å². The summed E-state index contributed by atoms with van der Waals surface area (Å²) >= 11 is 0. The molecular formula is C13H23NO5. The van der Waals surface area contributed by atoms with Crippen molar-refractivity contribution in [2.45, 2.75) is 51.0 Å². The Kier molecular flexibility index (Phi) is 4.03. The summed E-state index contributed by atoms with van der Waals surface area (Å²) in [6.45, 7) is 6.57. The summed E-state index contributed by atoms with van der Waals surface area (Å²) in [7, 11) is 0. The average molecular weight is 273 g/mol. The molecule has 0 aromatic heterocycles. The zero-order valence-electron chi connectivity index (χ0n) is 11.8. The number of ether oxygens (including phenoxy) is 3. The molecule has 1 spiro atoms. The Balaban J connectivity index is 1.93. The van der Waals surface area contributed by atoms with Gasteiger partial charge in [0, 0.05) is 31.4 Å². The topological polar surface area (TPSA) is 77.0 Å². The highest BCUT2D eigenvalue weighted by molar-refractivity contribution is 5.68. The molecule has 1 amide bonds. The smallest absolute Gasteiger partial charge is 0.407 e. The Labute approximate surface area is 113 Å². The summed E-state index contributed by atoms with van der Waals surface area (Å²) in [5.74, 6) is -0.696. The molecule has 2 atom stereocenters. The number of carbonyl (C=O) groups excluding carboxylic acids is 1. The molecule has 0 aromatic carbocycles. The third kappa shape index (κ3) is 3.58. The number of amides is 1. The highest BCUT2D eigenvalue weighted by Crippen LogP contribution is 2.40. The predicted octanol–water partition coefficient (Wildman–Crippen LogP) is 1.03. The quantitative estimate of drug-likeness (QED) is 0.785. The van der Waals surface area contributed by atoms with Gasteiger partial charge in [-0.25, -0.2) is 4.79 Å². The third-order valence-corrected chi connectivity index (χ3v) is 3.42. The number of alkyl carbamates (subject to hydrolysis) is 1. The zero-order chi connectivity index (χ0) is 14.1. The van der Waals surface area contributed by atoms with Gasteiger partial charge in [-0.3, -0.25) is 0 Å². The SMILES string of the molecule is CC(C)(C)OC(=O)N[C@@H]1CC2(CC1CO)OCCO2. The van der Waals surface area contributed by atoms with Crippen LogP contribution in [0.15, 0.2) is 0 Å². The molecule has 2 N–H and O–H groups in total. The van der Waals surface area contributed by atoms with Crippen molar-refractivity contribution in [3.63, 3.8) is 0 Å². The van der Waals surface area contributed by atoms with Crippen LogP contribution in [0.1, 0.15) is 33.6 Å². The molecule has 1 unspecified atom stereocenters. The maximum Gasteiger partial charge on any atom is 0.407 e. The predicted molar refractivity (Wildman–Crippen MR) is 67.6 cm³/mol. The van der Waals surface area contributed by atoms with Crippen molar-refractivity contribution in [1.82, 2.24) is 5.32 Å². The molecule has 1 saturated carbocycles. The van der Waals surface area contributed by atoms with Crippen molar-refractivity contribution in [2.75, 3.05) is 19.8 Å². The van der Waals surface area contributed by atoms with E-state index in [9.17, 15) is 9.90 Å². The second-order valence-corrected chi connectivity index (χ2v) is 6.21. The maximum atomic E-state index is 11.8. The van der Waals surface area contributed by atoms with Gasteiger partial charge in [-0.05, 0) is 20.8 Å². The first-order chi connectivity index (χ1) is 8.84. The van der Waals surface area contributed by atoms with Gasteiger partial charge in [-0.1, -0.05) is 0 Å². The molecule has 0 bridgehead atoms. The van der Waals surface area contributed by atoms with Crippen molar-refractivity contribution >= 4 is 6.09 Å². The van der Waals surface area contributed by atoms with E-state index in [0.717, 1.165) is 0 Å². The molecule has 1 heterocycles. The minimum atomic E-state index is -0.632. The van der Waals surface area contributed by atoms with E-state index in [-0.39, 0.29) is 18.6 Å². The first kappa shape index (κ1) is 14.6. The lowest BCUT2D eigenvalue weighted by atomic mass is 10.1. The van der Waals surface area contributed by atoms with Crippen LogP contribution in [-0.2, 0) is 14.2 Å². The largest absolute Gasteiger partial charge is 0.444 e. The fraction of sp³-hybridized carbons (Fsp3) is 0.923. The summed E-state index contributed by atoms with van der Waals surface area (Å²) in [5, 5.41) is 12.2. The molecule has 1 aliphatic carbocycles. The van der Waals surface area contributed by atoms with Crippen LogP contribution >= 0.6 is 0 Å². The van der Waals surface area contributed by atoms with Gasteiger partial charge in [0.25, 0.3) is 0 Å². The van der Waals surface area contributed by atoms with E-state index in [2.05, 4.69) is 5.32 Å². The highest BCUT2D eigenvalue weighted by Gasteiger charge is 2.49. The minimum absolute atomic E-state index is 0.00503. The standard InChI is InChI=1S/C13H23NO5/c1-12(2,3)19-11(16)14-10-7-13(6-9(10)8-15)17-4-5-18-13/h9-10,15H,4-8H2,1-3H3,(H,14,16)/t9?,10-/m1/s1. The Bertz CT molecular complexity index is 332. The Hall–Kier alpha value is -0.850. The summed E-state index contributed by atoms with van der Waals surface area (Å²) in [5.41, 5.74) is -0.532. The van der Waals surface area contributed by atoms with Crippen molar-refractivity contribution in [3.05, 3.63) is 0 Å². The molecule has 2 aliphatic rings. The molecule has 0 aromatic rings. The average Bonchev–Trinajstić information content (AvgIpc) is 2.84. The van der Waals surface area contributed by atoms with E-state index < -0.39 is 17.5 Å². The van der Waals surface area contributed by atoms with E-state index >= 15 is 0 Å². The van der Waals surface area contributed by atoms with Crippen LogP contribution < -0.4 is 5.32 Å². The van der Waals surface area contributed by atoms with Crippen molar-refractivity contribution in [1.29, 1.82) is 0 Å². The van der Waals surface area contributed by atoms with Gasteiger partial charge in [0.15, 0.2) is 5.79 Å². The monoisotopic (exact) mass is 273 g/mol. The van der Waals surface area contributed by atoms with E-state index in [0.29, 0.717) is 26.1 Å². The lowest BCUT2D eigenvalue weighted by Gasteiger charge is -2.24. The molecule has 19 heavy (non-hydrogen) atoms. The normalized spacial score (nSPS) is 29.7. The fourth-order valence-electron chi connectivity index (χ4n) is 2.68. The lowest BCUT2D eigenvalue weighted by Crippen LogP contribution is -2.42. The zero-order valence-corrected chi connectivity index (χ0v) is 11.8. The van der Waals surface area contributed by atoms with Crippen LogP contribution in [-0.4, -0.2) is 48.5 Å². The molecule has 6 nitrogen and oxygen atoms in total. The van der Waals surface area contributed by atoms with Gasteiger partial charge in [-0.2, -0.15) is 0 Å². The Morgan fingerprint density at radius 3 is 2.53 bits per heavy atom. The van der Waals surface area contributed by atoms with Crippen molar-refractivity contribution in [2.24, 2.45) is 5.92 Å². The van der Waals surface area contributed by atoms with E-state index in [1.165, 1.54) is 0 Å². The summed E-state index contributed by atoms with van der Waals surface area (Å²) in [6, 6.07) is -0.182. The van der Waals surface area contributed by atoms with Gasteiger partial charge in [0.05, 0.1) is 13.2 Å². The molecular weight excluding hydrogens is 250 g/mol. The first-order valence-corrected chi connectivity index (χ1v) is 6.72. The lowest BCUT2D eigenvalue weighted by molar-refractivity contribution is -0.154. The summed E-state index contributed by atoms with van der Waals surface area (Å²) < 4.78 is 16.5. The number of hydrogen-bond acceptors (Lipinski definition) is 5. The number of rotatable bonds is 2. The molecule has 6 heteroatoms. The number of nitrogens with one attached hydrogen (secondary N) is 1. The molecule has 1 saturated heterocycles. The third-order valence-electron chi connectivity index (χ3n) is 3.42. The van der Waals surface area contributed by atoms with Gasteiger partial charge < -0.3 is 24.6 Å². The van der Waals surface area contributed by atoms with E-state index in [1.54, 1.807) is 0 Å². The minimum Gasteiger partial charge on any atom is -0.444 e. The summed E-state index contributed by atoms with van der Waals surface area (Å²) in [4.78, 5) is 11.8. The van der Waals surface area contributed by atoms with Gasteiger partial charge >= 0.3 is 6.09 Å². The second kappa shape index (κ2) is 5.26. The second-order valence-electron chi connectivity index (χ2n) is 6.21. The van der Waals surface area contributed by atoms with Crippen molar-refractivity contribution < 1.29 is 24.1 Å². The number of aliphatic hydroxyl groups is 1. The molecule has 2 rings (SSSR count). The summed E-state index contributed by atoms with van der Waals surface area (Å²) in [6.07, 6.45) is 0.688. The van der Waals surface area contributed by atoms with Crippen LogP contribution in [0.3, 0.4) is 0 Å². The number of aliphatic hydroxyl groups excluding tert-OH is 1. The van der Waals surface area contributed by atoms with Gasteiger partial charge in [-0.15, -0.1) is 0 Å². The van der Waals surface area contributed by atoms with E-state index in [1.807, 2.05) is 20.8 Å². The maximum absolute atomic E-state index is 11.8. The van der Waals surface area contributed by atoms with Crippen molar-refractivity contribution in [3.8, 4) is 0 Å². The van der Waals surface area contributed by atoms with Crippen LogP contribution in [0, 0.1) is 5.92 Å². The van der Waals surface area contributed by atoms with Crippen LogP contribution in [0.4, 0.5) is 4.79 Å². The number of hydrogen-bond donors (Lipinski definition) is 2. The van der Waals surface area contributed by atoms with Crippen LogP contribution in [0.2, 0.25) is 0 Å². The Morgan fingerprint density at radius 1 is 1.37 bits per heavy atom. The first-order valence-electron chi connectivity index (χ1n) is 6.72. The number of carbonyl (C=O) groups is 1. The molecule has 110 valence electrons. The molecule has 0 radical (unpaired) electrons. The fourth-order valence-corrected chi connectivity index (χ4v) is 2.68. The molecule has 1 aliphatic heterocycles. The Morgan fingerprint density at radius 2 is 2.00 bits per heavy atom. The van der Waals surface area contributed by atoms with Crippen LogP contribution in [0.5, 0.6) is 0 Å². The molecule has 2 fully saturated rings. The highest BCUT2D eigenvalue weighted by atomic mass is 16.7. The van der Waals surface area contributed by atoms with Gasteiger partial charge in [0.2, 0.25) is 0 Å².